The van der Waals surface area contributed by atoms with Gasteiger partial charge in [0.2, 0.25) is 0 Å². The molecule has 0 aliphatic carbocycles. The first-order valence-electron chi connectivity index (χ1n) is 4.43. The molecule has 0 N–H and O–H groups in total. The molecule has 0 unspecified atom stereocenters. The Morgan fingerprint density at radius 2 is 1.69 bits per heavy atom. The van der Waals surface area contributed by atoms with Crippen molar-refractivity contribution in [1.82, 2.24) is 0 Å². The normalized spacial score (nSPS) is 13.6. The van der Waals surface area contributed by atoms with Gasteiger partial charge in [-0.3, -0.25) is 9.59 Å². The Balaban J connectivity index is 2.71. The monoisotopic (exact) mass is 220 g/mol. The van der Waals surface area contributed by atoms with E-state index < -0.39 is 11.8 Å². The van der Waals surface area contributed by atoms with Gasteiger partial charge in [-0.2, -0.15) is 0 Å². The van der Waals surface area contributed by atoms with E-state index in [1.807, 2.05) is 0 Å². The predicted octanol–water partition coefficient (Wildman–Crippen LogP) is 1.45. The number of carbonyl (C=O) groups is 2. The molecule has 1 aromatic carbocycles. The first-order valence-corrected chi connectivity index (χ1v) is 4.43. The minimum Gasteiger partial charge on any atom is -0.497 e. The van der Waals surface area contributed by atoms with E-state index >= 15 is 0 Å². The standard InChI is InChI=1S/C10H8N2O4/c1-15-5-3-6-8(7(4-5)16-2)10(14)12-11-9(6)13/h3-4H,1-2H3. The summed E-state index contributed by atoms with van der Waals surface area (Å²) in [6.07, 6.45) is 0. The van der Waals surface area contributed by atoms with Crippen molar-refractivity contribution in [2.75, 3.05) is 14.2 Å². The summed E-state index contributed by atoms with van der Waals surface area (Å²) in [5.74, 6) is -0.485. The van der Waals surface area contributed by atoms with Gasteiger partial charge in [0.1, 0.15) is 11.5 Å². The molecule has 6 heteroatoms. The van der Waals surface area contributed by atoms with Crippen LogP contribution in [0.4, 0.5) is 0 Å². The summed E-state index contributed by atoms with van der Waals surface area (Å²) in [6.45, 7) is 0. The highest BCUT2D eigenvalue weighted by Gasteiger charge is 2.27. The van der Waals surface area contributed by atoms with Crippen molar-refractivity contribution in [3.63, 3.8) is 0 Å². The zero-order chi connectivity index (χ0) is 11.7. The van der Waals surface area contributed by atoms with Crippen LogP contribution in [0.25, 0.3) is 0 Å². The van der Waals surface area contributed by atoms with Crippen molar-refractivity contribution in [3.05, 3.63) is 23.3 Å². The number of ether oxygens (including phenoxy) is 2. The molecule has 0 saturated heterocycles. The molecule has 1 heterocycles. The number of fused-ring (bicyclic) bond motifs is 1. The summed E-state index contributed by atoms with van der Waals surface area (Å²) in [7, 11) is 2.86. The minimum absolute atomic E-state index is 0.128. The number of hydrogen-bond donors (Lipinski definition) is 0. The van der Waals surface area contributed by atoms with Gasteiger partial charge in [-0.15, -0.1) is 10.2 Å². The van der Waals surface area contributed by atoms with Gasteiger partial charge in [0, 0.05) is 6.07 Å². The zero-order valence-electron chi connectivity index (χ0n) is 8.68. The van der Waals surface area contributed by atoms with Gasteiger partial charge in [0.05, 0.1) is 25.3 Å². The van der Waals surface area contributed by atoms with Crippen molar-refractivity contribution in [1.29, 1.82) is 0 Å². The number of benzene rings is 1. The fourth-order valence-electron chi connectivity index (χ4n) is 1.45. The summed E-state index contributed by atoms with van der Waals surface area (Å²) in [5, 5.41) is 6.46. The number of amides is 2. The lowest BCUT2D eigenvalue weighted by molar-refractivity contribution is 0.0917. The smallest absolute Gasteiger partial charge is 0.300 e. The third-order valence-corrected chi connectivity index (χ3v) is 2.21. The van der Waals surface area contributed by atoms with Crippen molar-refractivity contribution in [2.45, 2.75) is 0 Å². The lowest BCUT2D eigenvalue weighted by Crippen LogP contribution is -2.13. The molecule has 2 amide bonds. The molecular weight excluding hydrogens is 212 g/mol. The number of hydrogen-bond acceptors (Lipinski definition) is 4. The SMILES string of the molecule is COc1cc(OC)c2c(c1)C(=O)N=NC2=O. The maximum Gasteiger partial charge on any atom is 0.300 e. The summed E-state index contributed by atoms with van der Waals surface area (Å²) in [6, 6.07) is 2.96. The Bertz CT molecular complexity index is 508. The van der Waals surface area contributed by atoms with Gasteiger partial charge >= 0.3 is 0 Å². The molecule has 0 bridgehead atoms. The Hall–Kier alpha value is -2.24. The van der Waals surface area contributed by atoms with Gasteiger partial charge in [-0.1, -0.05) is 0 Å². The van der Waals surface area contributed by atoms with Gasteiger partial charge in [-0.05, 0) is 6.07 Å². The fraction of sp³-hybridized carbons (Fsp3) is 0.200. The summed E-state index contributed by atoms with van der Waals surface area (Å²) >= 11 is 0. The van der Waals surface area contributed by atoms with Crippen molar-refractivity contribution in [3.8, 4) is 11.5 Å². The van der Waals surface area contributed by atoms with E-state index in [4.69, 9.17) is 9.47 Å². The molecule has 1 aliphatic heterocycles. The van der Waals surface area contributed by atoms with Crippen LogP contribution in [0.2, 0.25) is 0 Å². The average molecular weight is 220 g/mol. The van der Waals surface area contributed by atoms with E-state index in [2.05, 4.69) is 10.2 Å². The zero-order valence-corrected chi connectivity index (χ0v) is 8.68. The van der Waals surface area contributed by atoms with Crippen LogP contribution in [0.3, 0.4) is 0 Å². The number of methoxy groups -OCH3 is 2. The Labute approximate surface area is 90.9 Å². The Morgan fingerprint density at radius 3 is 2.31 bits per heavy atom. The maximum atomic E-state index is 11.5. The fourth-order valence-corrected chi connectivity index (χ4v) is 1.45. The lowest BCUT2D eigenvalue weighted by Gasteiger charge is -2.13. The van der Waals surface area contributed by atoms with Crippen molar-refractivity contribution < 1.29 is 19.1 Å². The first kappa shape index (κ1) is 10.3. The number of rotatable bonds is 2. The Morgan fingerprint density at radius 1 is 1.00 bits per heavy atom. The van der Waals surface area contributed by atoms with E-state index in [9.17, 15) is 9.59 Å². The highest BCUT2D eigenvalue weighted by atomic mass is 16.5. The molecule has 82 valence electrons. The van der Waals surface area contributed by atoms with E-state index in [1.54, 1.807) is 0 Å². The number of nitrogens with zero attached hydrogens (tertiary/aromatic N) is 2. The molecule has 1 aromatic rings. The maximum absolute atomic E-state index is 11.5. The molecule has 0 spiro atoms. The van der Waals surface area contributed by atoms with E-state index in [0.717, 1.165) is 0 Å². The van der Waals surface area contributed by atoms with Gasteiger partial charge in [0.25, 0.3) is 11.8 Å². The first-order chi connectivity index (χ1) is 7.67. The van der Waals surface area contributed by atoms with Crippen molar-refractivity contribution in [2.24, 2.45) is 10.2 Å². The molecule has 16 heavy (non-hydrogen) atoms. The molecule has 0 fully saturated rings. The molecule has 0 radical (unpaired) electrons. The van der Waals surface area contributed by atoms with Crippen LogP contribution < -0.4 is 9.47 Å². The second kappa shape index (κ2) is 3.73. The van der Waals surface area contributed by atoms with Gasteiger partial charge < -0.3 is 9.47 Å². The summed E-state index contributed by atoms with van der Waals surface area (Å²) < 4.78 is 10.0. The molecule has 6 nitrogen and oxygen atoms in total. The molecule has 0 aromatic heterocycles. The largest absolute Gasteiger partial charge is 0.497 e. The highest BCUT2D eigenvalue weighted by molar-refractivity contribution is 6.12. The van der Waals surface area contributed by atoms with Crippen LogP contribution >= 0.6 is 0 Å². The molecule has 0 saturated carbocycles. The summed E-state index contributed by atoms with van der Waals surface area (Å²) in [4.78, 5) is 22.9. The van der Waals surface area contributed by atoms with Crippen LogP contribution in [0.5, 0.6) is 11.5 Å². The highest BCUT2D eigenvalue weighted by Crippen LogP contribution is 2.31. The predicted molar refractivity (Wildman–Crippen MR) is 53.1 cm³/mol. The van der Waals surface area contributed by atoms with Crippen LogP contribution in [0.1, 0.15) is 20.7 Å². The van der Waals surface area contributed by atoms with E-state index in [1.165, 1.54) is 26.4 Å². The molecule has 1 aliphatic rings. The van der Waals surface area contributed by atoms with Crippen LogP contribution in [-0.2, 0) is 0 Å². The number of carbonyl (C=O) groups excluding carboxylic acids is 2. The quantitative estimate of drug-likeness (QED) is 0.755. The van der Waals surface area contributed by atoms with Gasteiger partial charge in [0.15, 0.2) is 0 Å². The van der Waals surface area contributed by atoms with Crippen LogP contribution in [0, 0.1) is 0 Å². The van der Waals surface area contributed by atoms with E-state index in [-0.39, 0.29) is 16.9 Å². The Kier molecular flexibility index (Phi) is 2.40. The summed E-state index contributed by atoms with van der Waals surface area (Å²) in [5.41, 5.74) is 0.277. The average Bonchev–Trinajstić information content (AvgIpc) is 2.32. The third-order valence-electron chi connectivity index (χ3n) is 2.21. The van der Waals surface area contributed by atoms with Crippen molar-refractivity contribution >= 4 is 11.8 Å². The minimum atomic E-state index is -0.589. The third kappa shape index (κ3) is 1.44. The second-order valence-corrected chi connectivity index (χ2v) is 3.06. The van der Waals surface area contributed by atoms with Crippen LogP contribution in [0.15, 0.2) is 22.4 Å². The van der Waals surface area contributed by atoms with E-state index in [0.29, 0.717) is 5.75 Å². The topological polar surface area (TPSA) is 77.3 Å². The molecule has 2 rings (SSSR count). The lowest BCUT2D eigenvalue weighted by atomic mass is 10.0. The van der Waals surface area contributed by atoms with Gasteiger partial charge in [-0.25, -0.2) is 0 Å². The molecular formula is C10H8N2O4. The number of azo groups is 1. The second-order valence-electron chi connectivity index (χ2n) is 3.06. The van der Waals surface area contributed by atoms with Crippen LogP contribution in [-0.4, -0.2) is 26.0 Å². The molecule has 0 atom stereocenters.